The van der Waals surface area contributed by atoms with Crippen molar-refractivity contribution in [2.45, 2.75) is 19.4 Å². The molecule has 0 fully saturated rings. The average Bonchev–Trinajstić information content (AvgIpc) is 2.92. The van der Waals surface area contributed by atoms with E-state index in [1.165, 1.54) is 31.4 Å². The summed E-state index contributed by atoms with van der Waals surface area (Å²) in [6, 6.07) is 5.25. The highest BCUT2D eigenvalue weighted by atomic mass is 19.1. The fraction of sp³-hybridized carbons (Fsp3) is 0.333. The number of hydrogen-bond acceptors (Lipinski definition) is 6. The molecule has 1 aromatic heterocycles. The van der Waals surface area contributed by atoms with Gasteiger partial charge in [0.05, 0.1) is 7.11 Å². The molecular formula is C15H16FN3O5. The van der Waals surface area contributed by atoms with Crippen LogP contribution in [-0.2, 0) is 20.9 Å². The van der Waals surface area contributed by atoms with Crippen LogP contribution in [0.15, 0.2) is 33.5 Å². The molecule has 2 aromatic rings. The average molecular weight is 337 g/mol. The summed E-state index contributed by atoms with van der Waals surface area (Å²) < 4.78 is 23.2. The number of hydrogen-bond donors (Lipinski definition) is 1. The van der Waals surface area contributed by atoms with Crippen molar-refractivity contribution in [3.05, 3.63) is 40.6 Å². The quantitative estimate of drug-likeness (QED) is 0.589. The third-order valence-electron chi connectivity index (χ3n) is 3.10. The van der Waals surface area contributed by atoms with Crippen LogP contribution in [0.25, 0.3) is 11.5 Å². The van der Waals surface area contributed by atoms with Crippen molar-refractivity contribution < 1.29 is 23.1 Å². The molecule has 0 unspecified atom stereocenters. The lowest BCUT2D eigenvalue weighted by atomic mass is 10.2. The van der Waals surface area contributed by atoms with Gasteiger partial charge in [-0.25, -0.2) is 9.18 Å². The Hall–Kier alpha value is -2.97. The number of methoxy groups -OCH3 is 1. The molecular weight excluding hydrogens is 321 g/mol. The fourth-order valence-electron chi connectivity index (χ4n) is 1.87. The Balaban J connectivity index is 1.91. The Morgan fingerprint density at radius 2 is 2.04 bits per heavy atom. The molecule has 8 nitrogen and oxygen atoms in total. The summed E-state index contributed by atoms with van der Waals surface area (Å²) in [6.07, 6.45) is 0.613. The van der Waals surface area contributed by atoms with Gasteiger partial charge >= 0.3 is 11.7 Å². The molecule has 128 valence electrons. The summed E-state index contributed by atoms with van der Waals surface area (Å²) in [4.78, 5) is 34.4. The normalized spacial score (nSPS) is 10.4. The zero-order valence-electron chi connectivity index (χ0n) is 13.0. The molecule has 1 amide bonds. The standard InChI is InChI=1S/C15H16FN3O5/c1-23-13(21)3-2-8-17-12(20)9-19-15(22)24-14(18-19)10-4-6-11(16)7-5-10/h4-7H,2-3,8-9H2,1H3,(H,17,20). The molecule has 24 heavy (non-hydrogen) atoms. The Morgan fingerprint density at radius 1 is 1.33 bits per heavy atom. The third kappa shape index (κ3) is 4.77. The Kier molecular flexibility index (Phi) is 5.83. The lowest BCUT2D eigenvalue weighted by Gasteiger charge is -2.03. The van der Waals surface area contributed by atoms with Gasteiger partial charge in [-0.3, -0.25) is 9.59 Å². The van der Waals surface area contributed by atoms with Crippen molar-refractivity contribution in [2.75, 3.05) is 13.7 Å². The number of carbonyl (C=O) groups is 2. The lowest BCUT2D eigenvalue weighted by molar-refractivity contribution is -0.140. The lowest BCUT2D eigenvalue weighted by Crippen LogP contribution is -2.32. The maximum atomic E-state index is 12.9. The minimum Gasteiger partial charge on any atom is -0.469 e. The Morgan fingerprint density at radius 3 is 2.71 bits per heavy atom. The van der Waals surface area contributed by atoms with Gasteiger partial charge < -0.3 is 14.5 Å². The summed E-state index contributed by atoms with van der Waals surface area (Å²) in [5.41, 5.74) is 0.422. The van der Waals surface area contributed by atoms with Gasteiger partial charge in [0.2, 0.25) is 11.8 Å². The van der Waals surface area contributed by atoms with Gasteiger partial charge in [0.15, 0.2) is 0 Å². The van der Waals surface area contributed by atoms with Crippen molar-refractivity contribution in [1.29, 1.82) is 0 Å². The van der Waals surface area contributed by atoms with E-state index in [0.717, 1.165) is 4.68 Å². The molecule has 1 heterocycles. The van der Waals surface area contributed by atoms with Crippen LogP contribution in [0.3, 0.4) is 0 Å². The van der Waals surface area contributed by atoms with Crippen LogP contribution >= 0.6 is 0 Å². The van der Waals surface area contributed by atoms with Crippen LogP contribution in [0.1, 0.15) is 12.8 Å². The smallest absolute Gasteiger partial charge is 0.437 e. The SMILES string of the molecule is COC(=O)CCCNC(=O)Cn1nc(-c2ccc(F)cc2)oc1=O. The monoisotopic (exact) mass is 337 g/mol. The molecule has 0 aliphatic rings. The van der Waals surface area contributed by atoms with E-state index in [2.05, 4.69) is 15.2 Å². The van der Waals surface area contributed by atoms with Crippen LogP contribution in [0.5, 0.6) is 0 Å². The van der Waals surface area contributed by atoms with E-state index in [0.29, 0.717) is 12.0 Å². The van der Waals surface area contributed by atoms with Crippen molar-refractivity contribution in [2.24, 2.45) is 0 Å². The maximum Gasteiger partial charge on any atom is 0.437 e. The highest BCUT2D eigenvalue weighted by Crippen LogP contribution is 2.15. The van der Waals surface area contributed by atoms with Gasteiger partial charge in [0, 0.05) is 18.5 Å². The van der Waals surface area contributed by atoms with E-state index in [4.69, 9.17) is 4.42 Å². The van der Waals surface area contributed by atoms with Crippen molar-refractivity contribution in [3.8, 4) is 11.5 Å². The summed E-state index contributed by atoms with van der Waals surface area (Å²) in [6.45, 7) is -0.0485. The molecule has 0 aliphatic heterocycles. The summed E-state index contributed by atoms with van der Waals surface area (Å²) >= 11 is 0. The third-order valence-corrected chi connectivity index (χ3v) is 3.10. The van der Waals surface area contributed by atoms with Crippen molar-refractivity contribution >= 4 is 11.9 Å². The first-order valence-electron chi connectivity index (χ1n) is 7.17. The Labute approximate surface area is 136 Å². The summed E-state index contributed by atoms with van der Waals surface area (Å²) in [5.74, 6) is -2.02. The molecule has 9 heteroatoms. The molecule has 0 saturated heterocycles. The molecule has 0 radical (unpaired) electrons. The number of halogens is 1. The van der Waals surface area contributed by atoms with E-state index in [1.807, 2.05) is 0 Å². The number of nitrogens with one attached hydrogen (secondary N) is 1. The van der Waals surface area contributed by atoms with Crippen LogP contribution < -0.4 is 11.1 Å². The molecule has 0 atom stereocenters. The first kappa shape index (κ1) is 17.4. The topological polar surface area (TPSA) is 103 Å². The highest BCUT2D eigenvalue weighted by Gasteiger charge is 2.13. The second-order valence-electron chi connectivity index (χ2n) is 4.87. The number of aromatic nitrogens is 2. The van der Waals surface area contributed by atoms with E-state index < -0.39 is 17.5 Å². The van der Waals surface area contributed by atoms with E-state index in [1.54, 1.807) is 0 Å². The van der Waals surface area contributed by atoms with Gasteiger partial charge in [-0.1, -0.05) is 0 Å². The molecule has 0 aliphatic carbocycles. The van der Waals surface area contributed by atoms with Gasteiger partial charge in [0.25, 0.3) is 0 Å². The van der Waals surface area contributed by atoms with Crippen LogP contribution in [0.4, 0.5) is 4.39 Å². The number of carbonyl (C=O) groups excluding carboxylic acids is 2. The number of ether oxygens (including phenoxy) is 1. The number of rotatable bonds is 7. The zero-order chi connectivity index (χ0) is 17.5. The summed E-state index contributed by atoms with van der Waals surface area (Å²) in [5, 5.41) is 6.46. The van der Waals surface area contributed by atoms with Crippen LogP contribution in [0, 0.1) is 5.82 Å². The van der Waals surface area contributed by atoms with Crippen LogP contribution in [-0.4, -0.2) is 35.3 Å². The van der Waals surface area contributed by atoms with E-state index in [-0.39, 0.29) is 31.4 Å². The van der Waals surface area contributed by atoms with Crippen molar-refractivity contribution in [3.63, 3.8) is 0 Å². The molecule has 1 N–H and O–H groups in total. The van der Waals surface area contributed by atoms with Crippen LogP contribution in [0.2, 0.25) is 0 Å². The number of nitrogens with zero attached hydrogens (tertiary/aromatic N) is 2. The van der Waals surface area contributed by atoms with Gasteiger partial charge in [-0.15, -0.1) is 5.10 Å². The van der Waals surface area contributed by atoms with E-state index in [9.17, 15) is 18.8 Å². The van der Waals surface area contributed by atoms with Gasteiger partial charge in [0.1, 0.15) is 12.4 Å². The minimum absolute atomic E-state index is 0.00140. The number of amides is 1. The first-order valence-corrected chi connectivity index (χ1v) is 7.17. The predicted molar refractivity (Wildman–Crippen MR) is 80.4 cm³/mol. The second kappa shape index (κ2) is 8.04. The van der Waals surface area contributed by atoms with Crippen molar-refractivity contribution in [1.82, 2.24) is 15.1 Å². The molecule has 0 saturated carbocycles. The highest BCUT2D eigenvalue weighted by molar-refractivity contribution is 5.75. The van der Waals surface area contributed by atoms with E-state index >= 15 is 0 Å². The maximum absolute atomic E-state index is 12.9. The Bertz CT molecular complexity index is 766. The van der Waals surface area contributed by atoms with Gasteiger partial charge in [-0.05, 0) is 30.7 Å². The molecule has 0 spiro atoms. The van der Waals surface area contributed by atoms with Gasteiger partial charge in [-0.2, -0.15) is 4.68 Å². The molecule has 0 bridgehead atoms. The second-order valence-corrected chi connectivity index (χ2v) is 4.87. The minimum atomic E-state index is -0.793. The fourth-order valence-corrected chi connectivity index (χ4v) is 1.87. The molecule has 1 aromatic carbocycles. The number of benzene rings is 1. The summed E-state index contributed by atoms with van der Waals surface area (Å²) in [7, 11) is 1.29. The largest absolute Gasteiger partial charge is 0.469 e. The zero-order valence-corrected chi connectivity index (χ0v) is 13.0. The molecule has 2 rings (SSSR count). The predicted octanol–water partition coefficient (Wildman–Crippen LogP) is 0.712. The number of esters is 1. The first-order chi connectivity index (χ1) is 11.5.